The Labute approximate surface area is 74.8 Å². The molecule has 0 aliphatic heterocycles. The van der Waals surface area contributed by atoms with Crippen molar-refractivity contribution in [3.63, 3.8) is 0 Å². The first-order chi connectivity index (χ1) is 5.57. The van der Waals surface area contributed by atoms with Gasteiger partial charge in [-0.1, -0.05) is 11.8 Å². The van der Waals surface area contributed by atoms with E-state index < -0.39 is 17.3 Å². The van der Waals surface area contributed by atoms with Crippen LogP contribution < -0.4 is 11.5 Å². The fourth-order valence-electron chi connectivity index (χ4n) is 0.556. The van der Waals surface area contributed by atoms with Crippen LogP contribution in [0.25, 0.3) is 0 Å². The van der Waals surface area contributed by atoms with Crippen molar-refractivity contribution >= 4 is 23.0 Å². The highest BCUT2D eigenvalue weighted by atomic mass is 32.2. The summed E-state index contributed by atoms with van der Waals surface area (Å²) in [6, 6.07) is -0.665. The van der Waals surface area contributed by atoms with Crippen molar-refractivity contribution in [3.8, 4) is 0 Å². The van der Waals surface area contributed by atoms with E-state index in [2.05, 4.69) is 4.74 Å². The number of methoxy groups -OCH3 is 1. The molecule has 0 aliphatic rings. The van der Waals surface area contributed by atoms with Crippen LogP contribution in [0.3, 0.4) is 0 Å². The first-order valence-corrected chi connectivity index (χ1v) is 4.32. The van der Waals surface area contributed by atoms with Crippen LogP contribution in [0.2, 0.25) is 0 Å². The first-order valence-electron chi connectivity index (χ1n) is 3.33. The van der Waals surface area contributed by atoms with Crippen molar-refractivity contribution < 1.29 is 14.3 Å². The van der Waals surface area contributed by atoms with Crippen molar-refractivity contribution in [2.24, 2.45) is 11.5 Å². The molecule has 0 aromatic heterocycles. The first kappa shape index (κ1) is 11.2. The van der Waals surface area contributed by atoms with Gasteiger partial charge in [0.05, 0.1) is 7.11 Å². The van der Waals surface area contributed by atoms with Crippen molar-refractivity contribution in [1.82, 2.24) is 0 Å². The van der Waals surface area contributed by atoms with E-state index in [0.29, 0.717) is 12.2 Å². The van der Waals surface area contributed by atoms with Gasteiger partial charge in [-0.05, 0) is 6.42 Å². The summed E-state index contributed by atoms with van der Waals surface area (Å²) in [5.74, 6) is -0.0360. The molecule has 12 heavy (non-hydrogen) atoms. The maximum atomic E-state index is 10.7. The molecule has 0 saturated heterocycles. The minimum Gasteiger partial charge on any atom is -0.468 e. The van der Waals surface area contributed by atoms with Crippen LogP contribution in [-0.2, 0) is 9.53 Å². The Morgan fingerprint density at radius 2 is 2.17 bits per heavy atom. The van der Waals surface area contributed by atoms with Gasteiger partial charge in [-0.25, -0.2) is 0 Å². The molecule has 0 unspecified atom stereocenters. The van der Waals surface area contributed by atoms with Gasteiger partial charge in [0.25, 0.3) is 5.24 Å². The highest BCUT2D eigenvalue weighted by molar-refractivity contribution is 8.13. The topological polar surface area (TPSA) is 95.4 Å². The summed E-state index contributed by atoms with van der Waals surface area (Å²) >= 11 is 0.939. The molecule has 1 atom stereocenters. The molecule has 0 fully saturated rings. The summed E-state index contributed by atoms with van der Waals surface area (Å²) in [5.41, 5.74) is 10.2. The number of hydrogen-bond donors (Lipinski definition) is 2. The number of thioether (sulfide) groups is 1. The molecule has 0 aliphatic carbocycles. The molecule has 0 aromatic carbocycles. The van der Waals surface area contributed by atoms with E-state index in [1.807, 2.05) is 0 Å². The van der Waals surface area contributed by atoms with Gasteiger partial charge in [0.2, 0.25) is 0 Å². The highest BCUT2D eigenvalue weighted by Gasteiger charge is 2.13. The summed E-state index contributed by atoms with van der Waals surface area (Å²) < 4.78 is 4.38. The molecular weight excluding hydrogens is 180 g/mol. The van der Waals surface area contributed by atoms with Crippen LogP contribution in [0.5, 0.6) is 0 Å². The number of primary amides is 1. The molecule has 5 nitrogen and oxygen atoms in total. The summed E-state index contributed by atoms with van der Waals surface area (Å²) in [6.07, 6.45) is 0.389. The second kappa shape index (κ2) is 5.84. The zero-order valence-corrected chi connectivity index (χ0v) is 7.60. The maximum Gasteiger partial charge on any atom is 0.322 e. The number of nitrogens with two attached hydrogens (primary N) is 2. The monoisotopic (exact) mass is 192 g/mol. The van der Waals surface area contributed by atoms with E-state index in [1.54, 1.807) is 0 Å². The molecule has 0 aromatic rings. The Bertz CT molecular complexity index is 174. The number of carbonyl (C=O) groups is 2. The highest BCUT2D eigenvalue weighted by Crippen LogP contribution is 2.03. The summed E-state index contributed by atoms with van der Waals surface area (Å²) in [7, 11) is 1.27. The van der Waals surface area contributed by atoms with E-state index in [0.717, 1.165) is 11.8 Å². The van der Waals surface area contributed by atoms with E-state index in [4.69, 9.17) is 11.5 Å². The molecule has 0 saturated carbocycles. The van der Waals surface area contributed by atoms with E-state index in [-0.39, 0.29) is 0 Å². The molecular formula is C6H12N2O3S. The lowest BCUT2D eigenvalue weighted by atomic mass is 10.2. The van der Waals surface area contributed by atoms with E-state index >= 15 is 0 Å². The summed E-state index contributed by atoms with van der Waals surface area (Å²) in [4.78, 5) is 21.0. The van der Waals surface area contributed by atoms with Crippen molar-refractivity contribution in [2.75, 3.05) is 12.9 Å². The summed E-state index contributed by atoms with van der Waals surface area (Å²) in [5, 5.41) is -0.466. The number of amides is 1. The lowest BCUT2D eigenvalue weighted by Gasteiger charge is -2.06. The van der Waals surface area contributed by atoms with Crippen LogP contribution in [-0.4, -0.2) is 30.1 Å². The van der Waals surface area contributed by atoms with Crippen LogP contribution in [0, 0.1) is 0 Å². The molecule has 6 heteroatoms. The lowest BCUT2D eigenvalue weighted by Crippen LogP contribution is -2.32. The predicted molar refractivity (Wildman–Crippen MR) is 46.6 cm³/mol. The second-order valence-electron chi connectivity index (χ2n) is 2.09. The van der Waals surface area contributed by atoms with Gasteiger partial charge in [-0.2, -0.15) is 0 Å². The summed E-state index contributed by atoms with van der Waals surface area (Å²) in [6.45, 7) is 0. The number of hydrogen-bond acceptors (Lipinski definition) is 5. The van der Waals surface area contributed by atoms with Crippen LogP contribution in [0.4, 0.5) is 4.79 Å². The van der Waals surface area contributed by atoms with Crippen molar-refractivity contribution in [2.45, 2.75) is 12.5 Å². The largest absolute Gasteiger partial charge is 0.468 e. The molecule has 1 amide bonds. The predicted octanol–water partition coefficient (Wildman–Crippen LogP) is -0.311. The van der Waals surface area contributed by atoms with E-state index in [9.17, 15) is 9.59 Å². The van der Waals surface area contributed by atoms with Crippen LogP contribution in [0.1, 0.15) is 6.42 Å². The number of ether oxygens (including phenoxy) is 1. The van der Waals surface area contributed by atoms with Crippen molar-refractivity contribution in [1.29, 1.82) is 0 Å². The van der Waals surface area contributed by atoms with Gasteiger partial charge in [0.15, 0.2) is 0 Å². The van der Waals surface area contributed by atoms with Gasteiger partial charge in [-0.3, -0.25) is 9.59 Å². The third-order valence-corrected chi connectivity index (χ3v) is 1.90. The smallest absolute Gasteiger partial charge is 0.322 e. The average molecular weight is 192 g/mol. The Morgan fingerprint density at radius 3 is 2.58 bits per heavy atom. The third kappa shape index (κ3) is 4.97. The normalized spacial score (nSPS) is 12.2. The van der Waals surface area contributed by atoms with E-state index in [1.165, 1.54) is 7.11 Å². The van der Waals surface area contributed by atoms with Gasteiger partial charge in [0.1, 0.15) is 6.04 Å². The Hall–Kier alpha value is -0.750. The number of carbonyl (C=O) groups excluding carboxylic acids is 2. The fourth-order valence-corrected chi connectivity index (χ4v) is 1.13. The minimum atomic E-state index is -0.665. The molecule has 0 radical (unpaired) electrons. The zero-order valence-electron chi connectivity index (χ0n) is 6.78. The van der Waals surface area contributed by atoms with Gasteiger partial charge < -0.3 is 16.2 Å². The third-order valence-electron chi connectivity index (χ3n) is 1.18. The molecule has 0 heterocycles. The molecule has 0 spiro atoms. The Kier molecular flexibility index (Phi) is 5.48. The Morgan fingerprint density at radius 1 is 1.58 bits per heavy atom. The van der Waals surface area contributed by atoms with Crippen LogP contribution in [0.15, 0.2) is 0 Å². The number of rotatable bonds is 4. The molecule has 0 rings (SSSR count). The van der Waals surface area contributed by atoms with Gasteiger partial charge in [-0.15, -0.1) is 0 Å². The van der Waals surface area contributed by atoms with Gasteiger partial charge in [0, 0.05) is 5.75 Å². The molecule has 0 bridgehead atoms. The second-order valence-corrected chi connectivity index (χ2v) is 3.19. The molecule has 4 N–H and O–H groups in total. The zero-order chi connectivity index (χ0) is 9.56. The molecule has 70 valence electrons. The average Bonchev–Trinajstić information content (AvgIpc) is 2.02. The lowest BCUT2D eigenvalue weighted by molar-refractivity contribution is -0.142. The SMILES string of the molecule is COC(=O)[C@@H](N)CCSC(N)=O. The van der Waals surface area contributed by atoms with Crippen molar-refractivity contribution in [3.05, 3.63) is 0 Å². The van der Waals surface area contributed by atoms with Crippen LogP contribution >= 0.6 is 11.8 Å². The standard InChI is InChI=1S/C6H12N2O3S/c1-11-5(9)4(7)2-3-12-6(8)10/h4H,2-3,7H2,1H3,(H2,8,10)/t4-/m0/s1. The number of esters is 1. The Balaban J connectivity index is 3.50. The quantitative estimate of drug-likeness (QED) is 0.595. The minimum absolute atomic E-state index is 0.389. The fraction of sp³-hybridized carbons (Fsp3) is 0.667. The maximum absolute atomic E-state index is 10.7. The van der Waals surface area contributed by atoms with Gasteiger partial charge >= 0.3 is 5.97 Å².